The van der Waals surface area contributed by atoms with Gasteiger partial charge in [0.25, 0.3) is 5.91 Å². The van der Waals surface area contributed by atoms with Gasteiger partial charge in [0.2, 0.25) is 5.91 Å². The van der Waals surface area contributed by atoms with Crippen LogP contribution in [0.15, 0.2) is 48.5 Å². The third-order valence-corrected chi connectivity index (χ3v) is 5.55. The Morgan fingerprint density at radius 1 is 1.15 bits per heavy atom. The summed E-state index contributed by atoms with van der Waals surface area (Å²) in [6, 6.07) is 15.7. The first-order chi connectivity index (χ1) is 13.0. The summed E-state index contributed by atoms with van der Waals surface area (Å²) in [6.07, 6.45) is 2.40. The van der Waals surface area contributed by atoms with Crippen LogP contribution in [0.3, 0.4) is 0 Å². The minimum atomic E-state index is -0.872. The number of carbonyl (C=O) groups is 2. The number of nitrogens with one attached hydrogen (secondary N) is 1. The van der Waals surface area contributed by atoms with E-state index in [-0.39, 0.29) is 11.8 Å². The summed E-state index contributed by atoms with van der Waals surface area (Å²) in [5, 5.41) is 3.07. The van der Waals surface area contributed by atoms with Crippen LogP contribution >= 0.6 is 0 Å². The molecule has 27 heavy (non-hydrogen) atoms. The van der Waals surface area contributed by atoms with Crippen LogP contribution in [0.1, 0.15) is 53.7 Å². The second-order valence-electron chi connectivity index (χ2n) is 7.53. The normalized spacial score (nSPS) is 18.9. The van der Waals surface area contributed by atoms with Crippen molar-refractivity contribution in [1.82, 2.24) is 10.2 Å². The smallest absolute Gasteiger partial charge is 0.255 e. The van der Waals surface area contributed by atoms with Gasteiger partial charge in [0.1, 0.15) is 5.54 Å². The van der Waals surface area contributed by atoms with Crippen molar-refractivity contribution in [3.63, 3.8) is 0 Å². The number of carbonyl (C=O) groups excluding carboxylic acids is 2. The Morgan fingerprint density at radius 2 is 1.85 bits per heavy atom. The first-order valence-corrected chi connectivity index (χ1v) is 9.70. The molecule has 4 nitrogen and oxygen atoms in total. The molecule has 0 spiro atoms. The highest BCUT2D eigenvalue weighted by molar-refractivity contribution is 6.02. The fraction of sp³-hybridized carbons (Fsp3) is 0.391. The minimum absolute atomic E-state index is 0.0427. The van der Waals surface area contributed by atoms with E-state index in [0.29, 0.717) is 19.5 Å². The summed E-state index contributed by atoms with van der Waals surface area (Å²) in [6.45, 7) is 7.09. The molecule has 1 aliphatic rings. The average molecular weight is 364 g/mol. The van der Waals surface area contributed by atoms with Crippen molar-refractivity contribution in [1.29, 1.82) is 0 Å². The van der Waals surface area contributed by atoms with Crippen LogP contribution in [0.4, 0.5) is 0 Å². The number of hydrogen-bond acceptors (Lipinski definition) is 2. The number of benzene rings is 2. The standard InChI is InChI=1S/C23H28N2O2/c1-4-5-14-25-21(26)20-13-9-8-11-18(20)15-23(25,3)22(27)24-16-19-12-7-6-10-17(19)2/h6-13H,4-5,14-16H2,1-3H3,(H,24,27)/t23-/m0/s1. The van der Waals surface area contributed by atoms with Crippen molar-refractivity contribution in [2.24, 2.45) is 0 Å². The molecule has 0 fully saturated rings. The molecule has 0 saturated carbocycles. The molecular weight excluding hydrogens is 336 g/mol. The van der Waals surface area contributed by atoms with Crippen LogP contribution in [0.25, 0.3) is 0 Å². The van der Waals surface area contributed by atoms with Crippen LogP contribution < -0.4 is 5.32 Å². The van der Waals surface area contributed by atoms with E-state index in [9.17, 15) is 9.59 Å². The van der Waals surface area contributed by atoms with Crippen molar-refractivity contribution >= 4 is 11.8 Å². The quantitative estimate of drug-likeness (QED) is 0.846. The SMILES string of the molecule is CCCCN1C(=O)c2ccccc2C[C@@]1(C)C(=O)NCc1ccccc1C. The maximum atomic E-state index is 13.2. The Hall–Kier alpha value is -2.62. The summed E-state index contributed by atoms with van der Waals surface area (Å²) in [7, 11) is 0. The Labute approximate surface area is 161 Å². The lowest BCUT2D eigenvalue weighted by atomic mass is 9.82. The van der Waals surface area contributed by atoms with E-state index in [0.717, 1.165) is 35.1 Å². The summed E-state index contributed by atoms with van der Waals surface area (Å²) in [4.78, 5) is 28.1. The molecule has 1 atom stereocenters. The van der Waals surface area contributed by atoms with E-state index in [1.54, 1.807) is 4.90 Å². The monoisotopic (exact) mass is 364 g/mol. The average Bonchev–Trinajstić information content (AvgIpc) is 2.67. The van der Waals surface area contributed by atoms with Crippen molar-refractivity contribution in [2.75, 3.05) is 6.54 Å². The molecule has 1 aliphatic heterocycles. The number of nitrogens with zero attached hydrogens (tertiary/aromatic N) is 1. The highest BCUT2D eigenvalue weighted by Crippen LogP contribution is 2.31. The summed E-state index contributed by atoms with van der Waals surface area (Å²) >= 11 is 0. The topological polar surface area (TPSA) is 49.4 Å². The van der Waals surface area contributed by atoms with E-state index in [1.165, 1.54) is 0 Å². The fourth-order valence-corrected chi connectivity index (χ4v) is 3.76. The lowest BCUT2D eigenvalue weighted by Gasteiger charge is -2.44. The molecule has 0 aromatic heterocycles. The van der Waals surface area contributed by atoms with Gasteiger partial charge in [-0.3, -0.25) is 9.59 Å². The van der Waals surface area contributed by atoms with E-state index >= 15 is 0 Å². The number of aryl methyl sites for hydroxylation is 1. The molecule has 1 N–H and O–H groups in total. The van der Waals surface area contributed by atoms with Gasteiger partial charge in [0.05, 0.1) is 0 Å². The van der Waals surface area contributed by atoms with Gasteiger partial charge in [-0.1, -0.05) is 55.8 Å². The third-order valence-electron chi connectivity index (χ3n) is 5.55. The Kier molecular flexibility index (Phi) is 5.64. The van der Waals surface area contributed by atoms with Gasteiger partial charge in [-0.25, -0.2) is 0 Å². The molecule has 1 heterocycles. The first-order valence-electron chi connectivity index (χ1n) is 9.70. The Morgan fingerprint density at radius 3 is 2.59 bits per heavy atom. The van der Waals surface area contributed by atoms with Gasteiger partial charge < -0.3 is 10.2 Å². The number of hydrogen-bond donors (Lipinski definition) is 1. The Balaban J connectivity index is 1.86. The molecule has 2 amide bonds. The van der Waals surface area contributed by atoms with Crippen LogP contribution in [0, 0.1) is 6.92 Å². The predicted octanol–water partition coefficient (Wildman–Crippen LogP) is 3.87. The zero-order valence-corrected chi connectivity index (χ0v) is 16.4. The maximum Gasteiger partial charge on any atom is 0.255 e. The Bertz CT molecular complexity index is 846. The fourth-order valence-electron chi connectivity index (χ4n) is 3.76. The molecule has 0 saturated heterocycles. The zero-order valence-electron chi connectivity index (χ0n) is 16.4. The van der Waals surface area contributed by atoms with Crippen molar-refractivity contribution in [3.05, 3.63) is 70.8 Å². The molecule has 3 rings (SSSR count). The van der Waals surface area contributed by atoms with Crippen LogP contribution in [-0.4, -0.2) is 28.8 Å². The third kappa shape index (κ3) is 3.75. The molecule has 0 unspecified atom stereocenters. The maximum absolute atomic E-state index is 13.2. The highest BCUT2D eigenvalue weighted by Gasteiger charge is 2.46. The van der Waals surface area contributed by atoms with E-state index in [1.807, 2.05) is 62.4 Å². The lowest BCUT2D eigenvalue weighted by molar-refractivity contribution is -0.131. The van der Waals surface area contributed by atoms with Crippen LogP contribution in [-0.2, 0) is 17.8 Å². The second-order valence-corrected chi connectivity index (χ2v) is 7.53. The minimum Gasteiger partial charge on any atom is -0.350 e. The number of fused-ring (bicyclic) bond motifs is 1. The van der Waals surface area contributed by atoms with Gasteiger partial charge in [-0.05, 0) is 43.0 Å². The van der Waals surface area contributed by atoms with Gasteiger partial charge >= 0.3 is 0 Å². The number of unbranched alkanes of at least 4 members (excludes halogenated alkanes) is 1. The van der Waals surface area contributed by atoms with Crippen molar-refractivity contribution in [3.8, 4) is 0 Å². The molecule has 2 aromatic carbocycles. The predicted molar refractivity (Wildman–Crippen MR) is 108 cm³/mol. The van der Waals surface area contributed by atoms with E-state index in [2.05, 4.69) is 12.2 Å². The summed E-state index contributed by atoms with van der Waals surface area (Å²) < 4.78 is 0. The molecule has 0 radical (unpaired) electrons. The highest BCUT2D eigenvalue weighted by atomic mass is 16.2. The molecule has 142 valence electrons. The summed E-state index contributed by atoms with van der Waals surface area (Å²) in [5.41, 5.74) is 3.04. The number of rotatable bonds is 6. The molecule has 2 aromatic rings. The second kappa shape index (κ2) is 7.95. The van der Waals surface area contributed by atoms with Crippen LogP contribution in [0.2, 0.25) is 0 Å². The van der Waals surface area contributed by atoms with Crippen LogP contribution in [0.5, 0.6) is 0 Å². The molecule has 0 aliphatic carbocycles. The molecule has 0 bridgehead atoms. The van der Waals surface area contributed by atoms with E-state index in [4.69, 9.17) is 0 Å². The number of amides is 2. The van der Waals surface area contributed by atoms with Gasteiger partial charge in [-0.2, -0.15) is 0 Å². The largest absolute Gasteiger partial charge is 0.350 e. The lowest BCUT2D eigenvalue weighted by Crippen LogP contribution is -2.62. The van der Waals surface area contributed by atoms with Crippen molar-refractivity contribution < 1.29 is 9.59 Å². The van der Waals surface area contributed by atoms with Gasteiger partial charge in [0, 0.05) is 25.1 Å². The van der Waals surface area contributed by atoms with E-state index < -0.39 is 5.54 Å². The first kappa shape index (κ1) is 19.2. The summed E-state index contributed by atoms with van der Waals surface area (Å²) in [5.74, 6) is -0.136. The van der Waals surface area contributed by atoms with Crippen molar-refractivity contribution in [2.45, 2.75) is 52.1 Å². The molecule has 4 heteroatoms. The zero-order chi connectivity index (χ0) is 19.4. The van der Waals surface area contributed by atoms with Gasteiger partial charge in [-0.15, -0.1) is 0 Å². The molecular formula is C23H28N2O2. The van der Waals surface area contributed by atoms with Gasteiger partial charge in [0.15, 0.2) is 0 Å².